The highest BCUT2D eigenvalue weighted by atomic mass is 19.1. The van der Waals surface area contributed by atoms with Crippen molar-refractivity contribution in [3.05, 3.63) is 36.2 Å². The van der Waals surface area contributed by atoms with Gasteiger partial charge in [-0.25, -0.2) is 14.1 Å². The largest absolute Gasteiger partial charge is 0.380 e. The van der Waals surface area contributed by atoms with Gasteiger partial charge in [0, 0.05) is 38.0 Å². The number of aromatic nitrogens is 3. The van der Waals surface area contributed by atoms with Crippen LogP contribution in [-0.2, 0) is 14.4 Å². The first-order valence-electron chi connectivity index (χ1n) is 11.0. The number of piperazine rings is 1. The molecule has 33 heavy (non-hydrogen) atoms. The van der Waals surface area contributed by atoms with E-state index in [0.29, 0.717) is 18.9 Å². The van der Waals surface area contributed by atoms with Crippen molar-refractivity contribution in [2.75, 3.05) is 32.7 Å². The topological polar surface area (TPSA) is 125 Å². The number of amides is 2. The average molecular weight is 456 g/mol. The third kappa shape index (κ3) is 3.63. The molecule has 4 aliphatic rings. The number of halogens is 1. The van der Waals surface area contributed by atoms with Gasteiger partial charge in [-0.2, -0.15) is 0 Å². The maximum Gasteiger partial charge on any atom is 0.294 e. The molecule has 0 saturated carbocycles. The van der Waals surface area contributed by atoms with E-state index in [1.165, 1.54) is 22.0 Å². The molecular weight excluding hydrogens is 431 g/mol. The molecule has 2 saturated heterocycles. The standard InChI is InChI=1S/C21H25FN8O3/c1-21(3-2-4-25-21)20(33)29-9-7-28(8-10-29)19(32)17(31)13-11-23-16-15(13)14(22)12-24-18(16)30-6-5-26-27-30/h5-6,11-12,15-16,23,25H,2-4,7-10H2,1H3/t15?,16?,21-/m1/s1. The first kappa shape index (κ1) is 21.4. The van der Waals surface area contributed by atoms with Crippen molar-refractivity contribution in [1.29, 1.82) is 0 Å². The van der Waals surface area contributed by atoms with Crippen molar-refractivity contribution in [3.8, 4) is 0 Å². The minimum atomic E-state index is -0.964. The summed E-state index contributed by atoms with van der Waals surface area (Å²) >= 11 is 0. The summed E-state index contributed by atoms with van der Waals surface area (Å²) in [6, 6.07) is -0.669. The maximum absolute atomic E-state index is 14.7. The van der Waals surface area contributed by atoms with Crippen LogP contribution in [0.3, 0.4) is 0 Å². The molecule has 3 atom stereocenters. The summed E-state index contributed by atoms with van der Waals surface area (Å²) in [5.74, 6) is -2.62. The van der Waals surface area contributed by atoms with Gasteiger partial charge in [0.2, 0.25) is 11.7 Å². The number of carbonyl (C=O) groups is 3. The number of ketones is 1. The fraction of sp³-hybridized carbons (Fsp3) is 0.524. The molecule has 4 aliphatic heterocycles. The van der Waals surface area contributed by atoms with Gasteiger partial charge in [-0.3, -0.25) is 14.4 Å². The summed E-state index contributed by atoms with van der Waals surface area (Å²) in [5, 5.41) is 13.8. The molecular formula is C21H25FN8O3. The van der Waals surface area contributed by atoms with E-state index < -0.39 is 35.0 Å². The summed E-state index contributed by atoms with van der Waals surface area (Å²) in [6.45, 7) is 3.94. The van der Waals surface area contributed by atoms with Crippen LogP contribution >= 0.6 is 0 Å². The van der Waals surface area contributed by atoms with Crippen LogP contribution in [0.25, 0.3) is 0 Å². The predicted octanol–water partition coefficient (Wildman–Crippen LogP) is -0.797. The lowest BCUT2D eigenvalue weighted by molar-refractivity contribution is -0.147. The van der Waals surface area contributed by atoms with E-state index in [-0.39, 0.29) is 24.6 Å². The van der Waals surface area contributed by atoms with Crippen molar-refractivity contribution in [2.45, 2.75) is 31.3 Å². The molecule has 2 amide bonds. The van der Waals surface area contributed by atoms with E-state index in [1.807, 2.05) is 6.92 Å². The third-order valence-corrected chi connectivity index (χ3v) is 6.79. The van der Waals surface area contributed by atoms with Crippen molar-refractivity contribution < 1.29 is 18.8 Å². The Morgan fingerprint density at radius 2 is 1.94 bits per heavy atom. The Labute approximate surface area is 189 Å². The fourth-order valence-corrected chi connectivity index (χ4v) is 4.91. The second-order valence-electron chi connectivity index (χ2n) is 8.85. The predicted molar refractivity (Wildman–Crippen MR) is 114 cm³/mol. The zero-order valence-corrected chi connectivity index (χ0v) is 18.2. The molecule has 12 heteroatoms. The highest BCUT2D eigenvalue weighted by molar-refractivity contribution is 6.43. The lowest BCUT2D eigenvalue weighted by atomic mass is 9.88. The third-order valence-electron chi connectivity index (χ3n) is 6.79. The fourth-order valence-electron chi connectivity index (χ4n) is 4.91. The lowest BCUT2D eigenvalue weighted by Crippen LogP contribution is -2.59. The van der Waals surface area contributed by atoms with Gasteiger partial charge in [0.25, 0.3) is 5.91 Å². The van der Waals surface area contributed by atoms with Gasteiger partial charge in [-0.1, -0.05) is 5.21 Å². The van der Waals surface area contributed by atoms with Crippen molar-refractivity contribution in [1.82, 2.24) is 35.4 Å². The number of fused-ring (bicyclic) bond motifs is 1. The molecule has 0 aliphatic carbocycles. The lowest BCUT2D eigenvalue weighted by Gasteiger charge is -2.38. The van der Waals surface area contributed by atoms with E-state index in [4.69, 9.17) is 0 Å². The molecule has 2 fully saturated rings. The number of aliphatic imine (C=N–C) groups is 1. The maximum atomic E-state index is 14.7. The van der Waals surface area contributed by atoms with Crippen molar-refractivity contribution >= 4 is 23.4 Å². The number of nitrogens with one attached hydrogen (secondary N) is 2. The van der Waals surface area contributed by atoms with Crippen LogP contribution in [0, 0.1) is 5.92 Å². The Morgan fingerprint density at radius 3 is 2.61 bits per heavy atom. The van der Waals surface area contributed by atoms with Crippen molar-refractivity contribution in [3.63, 3.8) is 0 Å². The minimum Gasteiger partial charge on any atom is -0.380 e. The Kier molecular flexibility index (Phi) is 5.31. The Bertz CT molecular complexity index is 1070. The molecule has 5 rings (SSSR count). The minimum absolute atomic E-state index is 0.0262. The normalized spacial score (nSPS) is 29.1. The highest BCUT2D eigenvalue weighted by Gasteiger charge is 2.45. The van der Waals surface area contributed by atoms with Crippen molar-refractivity contribution in [2.24, 2.45) is 10.9 Å². The van der Waals surface area contributed by atoms with E-state index in [2.05, 4.69) is 25.9 Å². The summed E-state index contributed by atoms with van der Waals surface area (Å²) in [6.07, 6.45) is 7.20. The molecule has 1 aromatic rings. The molecule has 11 nitrogen and oxygen atoms in total. The molecule has 2 N–H and O–H groups in total. The van der Waals surface area contributed by atoms with Crippen LogP contribution in [0.4, 0.5) is 4.39 Å². The van der Waals surface area contributed by atoms with Crippen LogP contribution in [0.15, 0.2) is 41.2 Å². The highest BCUT2D eigenvalue weighted by Crippen LogP contribution is 2.34. The zero-order valence-electron chi connectivity index (χ0n) is 18.2. The van der Waals surface area contributed by atoms with E-state index in [1.54, 1.807) is 11.1 Å². The first-order chi connectivity index (χ1) is 15.9. The molecule has 5 heterocycles. The Hall–Kier alpha value is -3.41. The Balaban J connectivity index is 1.24. The van der Waals surface area contributed by atoms with Crippen LogP contribution < -0.4 is 10.6 Å². The van der Waals surface area contributed by atoms with Gasteiger partial charge in [-0.05, 0) is 26.3 Å². The molecule has 2 unspecified atom stereocenters. The zero-order chi connectivity index (χ0) is 23.2. The summed E-state index contributed by atoms with van der Waals surface area (Å²) in [5.41, 5.74) is -0.515. The second-order valence-corrected chi connectivity index (χ2v) is 8.85. The smallest absolute Gasteiger partial charge is 0.294 e. The molecule has 0 aromatic carbocycles. The molecule has 1 aromatic heterocycles. The Morgan fingerprint density at radius 1 is 1.18 bits per heavy atom. The molecule has 174 valence electrons. The number of Topliss-reactive ketones (excluding diaryl/α,β-unsaturated/α-hetero) is 1. The molecule has 0 spiro atoms. The van der Waals surface area contributed by atoms with E-state index >= 15 is 0 Å². The quantitative estimate of drug-likeness (QED) is 0.571. The number of hydrogen-bond acceptors (Lipinski definition) is 8. The van der Waals surface area contributed by atoms with Gasteiger partial charge in [0.15, 0.2) is 5.84 Å². The van der Waals surface area contributed by atoms with Gasteiger partial charge >= 0.3 is 0 Å². The number of carbonyl (C=O) groups excluding carboxylic acids is 3. The van der Waals surface area contributed by atoms with Crippen LogP contribution in [0.2, 0.25) is 0 Å². The SMILES string of the molecule is C[C@]1(C(=O)N2CCN(C(=O)C(=O)C3=CNC4C(n5ccnn5)=NC=C(F)C34)CC2)CCCN1. The van der Waals surface area contributed by atoms with E-state index in [9.17, 15) is 18.8 Å². The average Bonchev–Trinajstić information content (AvgIpc) is 3.60. The van der Waals surface area contributed by atoms with Gasteiger partial charge in [0.05, 0.1) is 36.1 Å². The van der Waals surface area contributed by atoms with Gasteiger partial charge in [0.1, 0.15) is 5.83 Å². The summed E-state index contributed by atoms with van der Waals surface area (Å²) in [4.78, 5) is 46.1. The van der Waals surface area contributed by atoms with Crippen LogP contribution in [-0.4, -0.2) is 92.5 Å². The number of nitrogens with zero attached hydrogens (tertiary/aromatic N) is 6. The van der Waals surface area contributed by atoms with Gasteiger partial charge in [-0.15, -0.1) is 5.10 Å². The van der Waals surface area contributed by atoms with E-state index in [0.717, 1.165) is 25.6 Å². The first-order valence-corrected chi connectivity index (χ1v) is 11.0. The van der Waals surface area contributed by atoms with Crippen LogP contribution in [0.1, 0.15) is 19.8 Å². The van der Waals surface area contributed by atoms with Gasteiger partial charge < -0.3 is 20.4 Å². The summed E-state index contributed by atoms with van der Waals surface area (Å²) < 4.78 is 16.1. The monoisotopic (exact) mass is 456 g/mol. The van der Waals surface area contributed by atoms with Crippen LogP contribution in [0.5, 0.6) is 0 Å². The number of rotatable bonds is 3. The molecule has 0 radical (unpaired) electrons. The second kappa shape index (κ2) is 8.18. The number of hydrogen-bond donors (Lipinski definition) is 2. The summed E-state index contributed by atoms with van der Waals surface area (Å²) in [7, 11) is 0. The molecule has 0 bridgehead atoms.